The highest BCUT2D eigenvalue weighted by Gasteiger charge is 2.18. The summed E-state index contributed by atoms with van der Waals surface area (Å²) in [7, 11) is 0. The molecule has 0 aromatic heterocycles. The van der Waals surface area contributed by atoms with Gasteiger partial charge in [0.2, 0.25) is 0 Å². The first-order valence-corrected chi connectivity index (χ1v) is 8.00. The van der Waals surface area contributed by atoms with Gasteiger partial charge in [-0.3, -0.25) is 0 Å². The molecule has 4 heteroatoms. The summed E-state index contributed by atoms with van der Waals surface area (Å²) in [6.45, 7) is 12.1. The van der Waals surface area contributed by atoms with Gasteiger partial charge in [0, 0.05) is 37.0 Å². The Morgan fingerprint density at radius 3 is 2.67 bits per heavy atom. The van der Waals surface area contributed by atoms with Crippen molar-refractivity contribution in [2.75, 3.05) is 37.7 Å². The smallest absolute Gasteiger partial charge is 0.130 e. The van der Waals surface area contributed by atoms with Crippen molar-refractivity contribution in [2.45, 2.75) is 40.2 Å². The Morgan fingerprint density at radius 2 is 2.05 bits per heavy atom. The molecule has 0 aliphatic carbocycles. The van der Waals surface area contributed by atoms with Gasteiger partial charge in [0.15, 0.2) is 0 Å². The van der Waals surface area contributed by atoms with E-state index in [4.69, 9.17) is 4.74 Å². The van der Waals surface area contributed by atoms with Gasteiger partial charge >= 0.3 is 0 Å². The Labute approximate surface area is 128 Å². The lowest BCUT2D eigenvalue weighted by Crippen LogP contribution is -2.30. The Kier molecular flexibility index (Phi) is 8.31. The topological polar surface area (TPSA) is 24.5 Å². The molecule has 0 fully saturated rings. The highest BCUT2D eigenvalue weighted by molar-refractivity contribution is 5.55. The number of anilines is 1. The third kappa shape index (κ3) is 5.29. The van der Waals surface area contributed by atoms with Crippen LogP contribution in [0, 0.1) is 5.82 Å². The van der Waals surface area contributed by atoms with Crippen LogP contribution in [0.25, 0.3) is 0 Å². The molecule has 0 bridgehead atoms. The summed E-state index contributed by atoms with van der Waals surface area (Å²) >= 11 is 0. The van der Waals surface area contributed by atoms with E-state index in [2.05, 4.69) is 24.1 Å². The van der Waals surface area contributed by atoms with Crippen LogP contribution in [0.15, 0.2) is 18.2 Å². The molecular formula is C17H29FN2O. The number of hydrogen-bond acceptors (Lipinski definition) is 3. The van der Waals surface area contributed by atoms with E-state index < -0.39 is 0 Å². The van der Waals surface area contributed by atoms with Crippen LogP contribution in [-0.4, -0.2) is 32.8 Å². The first kappa shape index (κ1) is 17.9. The molecule has 0 saturated carbocycles. The molecule has 120 valence electrons. The largest absolute Gasteiger partial charge is 0.380 e. The van der Waals surface area contributed by atoms with E-state index in [9.17, 15) is 4.39 Å². The molecule has 1 aromatic carbocycles. The maximum atomic E-state index is 14.3. The first-order valence-electron chi connectivity index (χ1n) is 8.00. The molecule has 0 radical (unpaired) electrons. The molecule has 1 unspecified atom stereocenters. The highest BCUT2D eigenvalue weighted by atomic mass is 19.1. The summed E-state index contributed by atoms with van der Waals surface area (Å²) in [5, 5.41) is 3.38. The van der Waals surface area contributed by atoms with Crippen LogP contribution < -0.4 is 10.2 Å². The Hall–Kier alpha value is -1.13. The summed E-state index contributed by atoms with van der Waals surface area (Å²) in [5.41, 5.74) is 1.72. The van der Waals surface area contributed by atoms with Crippen molar-refractivity contribution in [1.29, 1.82) is 0 Å². The second kappa shape index (κ2) is 9.74. The van der Waals surface area contributed by atoms with Gasteiger partial charge in [-0.25, -0.2) is 4.39 Å². The maximum Gasteiger partial charge on any atom is 0.130 e. The van der Waals surface area contributed by atoms with Crippen molar-refractivity contribution in [3.63, 3.8) is 0 Å². The minimum absolute atomic E-state index is 0.00212. The number of nitrogens with one attached hydrogen (secondary N) is 1. The van der Waals surface area contributed by atoms with Crippen molar-refractivity contribution in [3.8, 4) is 0 Å². The van der Waals surface area contributed by atoms with Gasteiger partial charge < -0.3 is 15.0 Å². The van der Waals surface area contributed by atoms with E-state index >= 15 is 0 Å². The van der Waals surface area contributed by atoms with Crippen LogP contribution in [0.5, 0.6) is 0 Å². The van der Waals surface area contributed by atoms with Crippen molar-refractivity contribution in [1.82, 2.24) is 5.32 Å². The normalized spacial score (nSPS) is 12.4. The van der Waals surface area contributed by atoms with Crippen LogP contribution >= 0.6 is 0 Å². The van der Waals surface area contributed by atoms with Gasteiger partial charge in [0.25, 0.3) is 0 Å². The minimum Gasteiger partial charge on any atom is -0.380 e. The minimum atomic E-state index is -0.140. The van der Waals surface area contributed by atoms with Crippen molar-refractivity contribution >= 4 is 5.69 Å². The van der Waals surface area contributed by atoms with Crippen molar-refractivity contribution < 1.29 is 9.13 Å². The molecule has 0 spiro atoms. The molecule has 0 amide bonds. The summed E-state index contributed by atoms with van der Waals surface area (Å²) in [5.74, 6) is -0.140. The number of nitrogens with zero attached hydrogens (tertiary/aromatic N) is 1. The molecule has 0 aliphatic rings. The summed E-state index contributed by atoms with van der Waals surface area (Å²) in [6, 6.07) is 5.32. The van der Waals surface area contributed by atoms with Gasteiger partial charge in [-0.05, 0) is 45.9 Å². The number of ether oxygens (including phenoxy) is 1. The standard InChI is InChI=1S/C17H29FN2O/c1-5-11-19-14(4)17-15(18)9-8-10-16(17)20(6-2)12-13-21-7-3/h8-10,14,19H,5-7,11-13H2,1-4H3. The zero-order valence-electron chi connectivity index (χ0n) is 13.8. The summed E-state index contributed by atoms with van der Waals surface area (Å²) in [4.78, 5) is 2.18. The molecular weight excluding hydrogens is 267 g/mol. The predicted octanol–water partition coefficient (Wildman–Crippen LogP) is 3.75. The van der Waals surface area contributed by atoms with E-state index in [-0.39, 0.29) is 11.9 Å². The average Bonchev–Trinajstić information content (AvgIpc) is 2.49. The lowest BCUT2D eigenvalue weighted by molar-refractivity contribution is 0.154. The van der Waals surface area contributed by atoms with Gasteiger partial charge in [0.05, 0.1) is 6.61 Å². The highest BCUT2D eigenvalue weighted by Crippen LogP contribution is 2.29. The van der Waals surface area contributed by atoms with E-state index in [1.54, 1.807) is 12.1 Å². The summed E-state index contributed by atoms with van der Waals surface area (Å²) < 4.78 is 19.7. The maximum absolute atomic E-state index is 14.3. The fourth-order valence-electron chi connectivity index (χ4n) is 2.46. The predicted molar refractivity (Wildman–Crippen MR) is 87.5 cm³/mol. The average molecular weight is 296 g/mol. The van der Waals surface area contributed by atoms with Crippen molar-refractivity contribution in [2.24, 2.45) is 0 Å². The SMILES string of the molecule is CCCNC(C)c1c(F)cccc1N(CC)CCOCC. The number of likely N-dealkylation sites (N-methyl/N-ethyl adjacent to an activating group) is 1. The fraction of sp³-hybridized carbons (Fsp3) is 0.647. The molecule has 1 atom stereocenters. The summed E-state index contributed by atoms with van der Waals surface area (Å²) in [6.07, 6.45) is 1.04. The number of hydrogen-bond donors (Lipinski definition) is 1. The molecule has 1 N–H and O–H groups in total. The van der Waals surface area contributed by atoms with Gasteiger partial charge in [-0.2, -0.15) is 0 Å². The molecule has 0 aliphatic heterocycles. The second-order valence-corrected chi connectivity index (χ2v) is 5.13. The number of halogens is 1. The molecule has 3 nitrogen and oxygen atoms in total. The number of benzene rings is 1. The van der Waals surface area contributed by atoms with Crippen LogP contribution in [0.2, 0.25) is 0 Å². The Morgan fingerprint density at radius 1 is 1.29 bits per heavy atom. The van der Waals surface area contributed by atoms with Crippen LogP contribution in [-0.2, 0) is 4.74 Å². The molecule has 0 heterocycles. The quantitative estimate of drug-likeness (QED) is 0.666. The van der Waals surface area contributed by atoms with E-state index in [1.165, 1.54) is 0 Å². The second-order valence-electron chi connectivity index (χ2n) is 5.13. The number of rotatable bonds is 10. The molecule has 1 rings (SSSR count). The first-order chi connectivity index (χ1) is 10.2. The molecule has 21 heavy (non-hydrogen) atoms. The van der Waals surface area contributed by atoms with Gasteiger partial charge in [-0.1, -0.05) is 13.0 Å². The molecule has 1 aromatic rings. The van der Waals surface area contributed by atoms with E-state index in [0.717, 1.165) is 37.3 Å². The zero-order chi connectivity index (χ0) is 15.7. The fourth-order valence-corrected chi connectivity index (χ4v) is 2.46. The van der Waals surface area contributed by atoms with E-state index in [0.29, 0.717) is 13.2 Å². The van der Waals surface area contributed by atoms with Crippen LogP contribution in [0.4, 0.5) is 10.1 Å². The molecule has 0 saturated heterocycles. The third-order valence-electron chi connectivity index (χ3n) is 3.60. The van der Waals surface area contributed by atoms with Crippen molar-refractivity contribution in [3.05, 3.63) is 29.6 Å². The zero-order valence-corrected chi connectivity index (χ0v) is 13.8. The van der Waals surface area contributed by atoms with Gasteiger partial charge in [0.1, 0.15) is 5.82 Å². The monoisotopic (exact) mass is 296 g/mol. The van der Waals surface area contributed by atoms with E-state index in [1.807, 2.05) is 19.9 Å². The lowest BCUT2D eigenvalue weighted by atomic mass is 10.0. The Balaban J connectivity index is 2.95. The Bertz CT molecular complexity index is 412. The van der Waals surface area contributed by atoms with Crippen LogP contribution in [0.1, 0.15) is 45.7 Å². The van der Waals surface area contributed by atoms with Gasteiger partial charge in [-0.15, -0.1) is 0 Å². The lowest BCUT2D eigenvalue weighted by Gasteiger charge is -2.28. The van der Waals surface area contributed by atoms with Crippen LogP contribution in [0.3, 0.4) is 0 Å². The third-order valence-corrected chi connectivity index (χ3v) is 3.60.